The van der Waals surface area contributed by atoms with Gasteiger partial charge in [0.05, 0.1) is 0 Å². The predicted octanol–water partition coefficient (Wildman–Crippen LogP) is 3.43. The number of pyridine rings is 1. The summed E-state index contributed by atoms with van der Waals surface area (Å²) in [6, 6.07) is 10.2. The molecule has 1 N–H and O–H groups in total. The Labute approximate surface area is 148 Å². The highest BCUT2D eigenvalue weighted by Gasteiger charge is 2.17. The lowest BCUT2D eigenvalue weighted by molar-refractivity contribution is 0.0949. The van der Waals surface area contributed by atoms with Gasteiger partial charge in [-0.2, -0.15) is 0 Å². The Morgan fingerprint density at radius 2 is 1.96 bits per heavy atom. The molecule has 1 saturated heterocycles. The molecule has 0 unspecified atom stereocenters. The van der Waals surface area contributed by atoms with Crippen LogP contribution < -0.4 is 10.2 Å². The Kier molecular flexibility index (Phi) is 5.64. The highest BCUT2D eigenvalue weighted by Crippen LogP contribution is 2.22. The Bertz CT molecular complexity index is 709. The summed E-state index contributed by atoms with van der Waals surface area (Å²) in [4.78, 5) is 18.8. The Morgan fingerprint density at radius 1 is 1.24 bits per heavy atom. The molecule has 0 radical (unpaired) electrons. The minimum atomic E-state index is -0.249. The number of hydrogen-bond acceptors (Lipinski definition) is 3. The van der Waals surface area contributed by atoms with Gasteiger partial charge in [-0.25, -0.2) is 4.39 Å². The number of benzene rings is 1. The van der Waals surface area contributed by atoms with Crippen molar-refractivity contribution in [2.75, 3.05) is 24.5 Å². The van der Waals surface area contributed by atoms with Crippen molar-refractivity contribution >= 4 is 11.6 Å². The molecule has 2 aromatic rings. The van der Waals surface area contributed by atoms with Crippen LogP contribution in [-0.4, -0.2) is 30.5 Å². The number of halogens is 1. The first-order valence-corrected chi connectivity index (χ1v) is 8.85. The van der Waals surface area contributed by atoms with Crippen LogP contribution in [0.3, 0.4) is 0 Å². The van der Waals surface area contributed by atoms with E-state index < -0.39 is 0 Å². The predicted molar refractivity (Wildman–Crippen MR) is 97.3 cm³/mol. The summed E-state index contributed by atoms with van der Waals surface area (Å²) in [6.07, 6.45) is 4.72. The summed E-state index contributed by atoms with van der Waals surface area (Å²) in [5.41, 5.74) is 2.49. The average molecular weight is 341 g/mol. The lowest BCUT2D eigenvalue weighted by Crippen LogP contribution is -2.33. The van der Waals surface area contributed by atoms with Crippen molar-refractivity contribution in [3.05, 3.63) is 59.7 Å². The minimum absolute atomic E-state index is 0.172. The fourth-order valence-electron chi connectivity index (χ4n) is 3.07. The van der Waals surface area contributed by atoms with Gasteiger partial charge in [0, 0.05) is 31.5 Å². The summed E-state index contributed by atoms with van der Waals surface area (Å²) in [5, 5.41) is 2.89. The molecule has 0 bridgehead atoms. The van der Waals surface area contributed by atoms with Crippen LogP contribution in [0.15, 0.2) is 42.6 Å². The van der Waals surface area contributed by atoms with Crippen molar-refractivity contribution in [3.8, 4) is 0 Å². The van der Waals surface area contributed by atoms with Gasteiger partial charge in [0.15, 0.2) is 0 Å². The standard InChI is InChI=1S/C20H24FN3O/c1-15-8-12-24(13-9-15)18-7-11-22-19(14-18)20(25)23-10-6-16-2-4-17(21)5-3-16/h2-5,7,11,14-15H,6,8-10,12-13H2,1H3,(H,23,25). The number of anilines is 1. The molecule has 2 heterocycles. The van der Waals surface area contributed by atoms with Crippen molar-refractivity contribution in [1.82, 2.24) is 10.3 Å². The first-order valence-electron chi connectivity index (χ1n) is 8.85. The van der Waals surface area contributed by atoms with E-state index in [4.69, 9.17) is 0 Å². The molecule has 0 atom stereocenters. The Balaban J connectivity index is 1.55. The zero-order chi connectivity index (χ0) is 17.6. The maximum atomic E-state index is 12.9. The third kappa shape index (κ3) is 4.78. The number of aromatic nitrogens is 1. The van der Waals surface area contributed by atoms with E-state index in [2.05, 4.69) is 22.1 Å². The molecule has 1 aromatic carbocycles. The van der Waals surface area contributed by atoms with Crippen LogP contribution in [0.25, 0.3) is 0 Å². The van der Waals surface area contributed by atoms with Gasteiger partial charge in [0.2, 0.25) is 0 Å². The van der Waals surface area contributed by atoms with Gasteiger partial charge in [-0.05, 0) is 55.0 Å². The number of hydrogen-bond donors (Lipinski definition) is 1. The Hall–Kier alpha value is -2.43. The van der Waals surface area contributed by atoms with E-state index in [1.165, 1.54) is 25.0 Å². The highest BCUT2D eigenvalue weighted by molar-refractivity contribution is 5.93. The summed E-state index contributed by atoms with van der Waals surface area (Å²) < 4.78 is 12.9. The van der Waals surface area contributed by atoms with Gasteiger partial charge in [0.25, 0.3) is 5.91 Å². The number of carbonyl (C=O) groups excluding carboxylic acids is 1. The number of carbonyl (C=O) groups is 1. The second-order valence-corrected chi connectivity index (χ2v) is 6.70. The third-order valence-corrected chi connectivity index (χ3v) is 4.74. The monoisotopic (exact) mass is 341 g/mol. The zero-order valence-corrected chi connectivity index (χ0v) is 14.5. The van der Waals surface area contributed by atoms with Crippen LogP contribution in [0.4, 0.5) is 10.1 Å². The quantitative estimate of drug-likeness (QED) is 0.906. The molecule has 3 rings (SSSR count). The van der Waals surface area contributed by atoms with Crippen molar-refractivity contribution in [2.24, 2.45) is 5.92 Å². The van der Waals surface area contributed by atoms with E-state index in [9.17, 15) is 9.18 Å². The van der Waals surface area contributed by atoms with Crippen molar-refractivity contribution in [3.63, 3.8) is 0 Å². The second-order valence-electron chi connectivity index (χ2n) is 6.70. The third-order valence-electron chi connectivity index (χ3n) is 4.74. The first kappa shape index (κ1) is 17.4. The smallest absolute Gasteiger partial charge is 0.269 e. The fourth-order valence-corrected chi connectivity index (χ4v) is 3.07. The van der Waals surface area contributed by atoms with E-state index in [0.29, 0.717) is 18.7 Å². The lowest BCUT2D eigenvalue weighted by atomic mass is 9.99. The molecule has 1 fully saturated rings. The van der Waals surface area contributed by atoms with Gasteiger partial charge >= 0.3 is 0 Å². The maximum absolute atomic E-state index is 12.9. The topological polar surface area (TPSA) is 45.2 Å². The SMILES string of the molecule is CC1CCN(c2ccnc(C(=O)NCCc3ccc(F)cc3)c2)CC1. The summed E-state index contributed by atoms with van der Waals surface area (Å²) in [7, 11) is 0. The summed E-state index contributed by atoms with van der Waals surface area (Å²) in [5.74, 6) is 0.350. The number of nitrogens with one attached hydrogen (secondary N) is 1. The van der Waals surface area contributed by atoms with E-state index in [-0.39, 0.29) is 11.7 Å². The van der Waals surface area contributed by atoms with Gasteiger partial charge in [0.1, 0.15) is 11.5 Å². The van der Waals surface area contributed by atoms with Crippen LogP contribution in [0.2, 0.25) is 0 Å². The number of rotatable bonds is 5. The molecule has 25 heavy (non-hydrogen) atoms. The molecule has 5 heteroatoms. The Morgan fingerprint density at radius 3 is 2.68 bits per heavy atom. The molecule has 1 amide bonds. The first-order chi connectivity index (χ1) is 12.1. The normalized spacial score (nSPS) is 15.2. The summed E-state index contributed by atoms with van der Waals surface area (Å²) in [6.45, 7) is 4.83. The van der Waals surface area contributed by atoms with Crippen molar-refractivity contribution in [2.45, 2.75) is 26.2 Å². The van der Waals surface area contributed by atoms with E-state index in [0.717, 1.165) is 30.3 Å². The lowest BCUT2D eigenvalue weighted by Gasteiger charge is -2.32. The van der Waals surface area contributed by atoms with Gasteiger partial charge in [-0.1, -0.05) is 19.1 Å². The molecular weight excluding hydrogens is 317 g/mol. The maximum Gasteiger partial charge on any atom is 0.269 e. The van der Waals surface area contributed by atoms with E-state index >= 15 is 0 Å². The zero-order valence-electron chi connectivity index (χ0n) is 14.5. The number of amides is 1. The molecular formula is C20H24FN3O. The van der Waals surface area contributed by atoms with Crippen molar-refractivity contribution < 1.29 is 9.18 Å². The second kappa shape index (κ2) is 8.10. The van der Waals surface area contributed by atoms with Crippen LogP contribution >= 0.6 is 0 Å². The van der Waals surface area contributed by atoms with Crippen LogP contribution in [0.1, 0.15) is 35.8 Å². The van der Waals surface area contributed by atoms with Gasteiger partial charge < -0.3 is 10.2 Å². The molecule has 0 spiro atoms. The van der Waals surface area contributed by atoms with Crippen molar-refractivity contribution in [1.29, 1.82) is 0 Å². The van der Waals surface area contributed by atoms with Gasteiger partial charge in [-0.3, -0.25) is 9.78 Å². The molecule has 132 valence electrons. The van der Waals surface area contributed by atoms with Gasteiger partial charge in [-0.15, -0.1) is 0 Å². The van der Waals surface area contributed by atoms with E-state index in [1.54, 1.807) is 18.3 Å². The highest BCUT2D eigenvalue weighted by atomic mass is 19.1. The fraction of sp³-hybridized carbons (Fsp3) is 0.400. The molecule has 1 aliphatic rings. The average Bonchev–Trinajstić information content (AvgIpc) is 2.64. The number of piperidine rings is 1. The van der Waals surface area contributed by atoms with E-state index in [1.807, 2.05) is 12.1 Å². The number of nitrogens with zero attached hydrogens (tertiary/aromatic N) is 2. The molecule has 4 nitrogen and oxygen atoms in total. The molecule has 1 aliphatic heterocycles. The van der Waals surface area contributed by atoms with Crippen LogP contribution in [0, 0.1) is 11.7 Å². The molecule has 1 aromatic heterocycles. The largest absolute Gasteiger partial charge is 0.371 e. The molecule has 0 saturated carbocycles. The van der Waals surface area contributed by atoms with Crippen LogP contribution in [-0.2, 0) is 6.42 Å². The van der Waals surface area contributed by atoms with Crippen LogP contribution in [0.5, 0.6) is 0 Å². The minimum Gasteiger partial charge on any atom is -0.371 e. The molecule has 0 aliphatic carbocycles. The summed E-state index contributed by atoms with van der Waals surface area (Å²) >= 11 is 0.